The molecule has 0 bridgehead atoms. The maximum absolute atomic E-state index is 13.0. The second-order valence-corrected chi connectivity index (χ2v) is 6.22. The van der Waals surface area contributed by atoms with Gasteiger partial charge in [-0.25, -0.2) is 4.79 Å². The van der Waals surface area contributed by atoms with Gasteiger partial charge in [-0.2, -0.15) is 0 Å². The number of carbonyl (C=O) groups is 2. The van der Waals surface area contributed by atoms with Crippen LogP contribution in [0.15, 0.2) is 36.6 Å². The van der Waals surface area contributed by atoms with Crippen molar-refractivity contribution in [3.8, 4) is 0 Å². The molecule has 2 amide bonds. The van der Waals surface area contributed by atoms with Crippen LogP contribution in [-0.2, 0) is 4.74 Å². The summed E-state index contributed by atoms with van der Waals surface area (Å²) in [7, 11) is 0. The molecule has 1 aliphatic rings. The molecule has 0 aromatic heterocycles. The van der Waals surface area contributed by atoms with E-state index >= 15 is 0 Å². The van der Waals surface area contributed by atoms with Gasteiger partial charge < -0.3 is 14.7 Å². The van der Waals surface area contributed by atoms with E-state index in [2.05, 4.69) is 11.9 Å². The molecule has 134 valence electrons. The zero-order valence-corrected chi connectivity index (χ0v) is 14.8. The van der Waals surface area contributed by atoms with Crippen LogP contribution < -0.4 is 5.32 Å². The van der Waals surface area contributed by atoms with Gasteiger partial charge in [0.05, 0.1) is 23.9 Å². The second-order valence-electron chi connectivity index (χ2n) is 6.22. The zero-order chi connectivity index (χ0) is 18.6. The van der Waals surface area contributed by atoms with Crippen LogP contribution in [0.25, 0.3) is 0 Å². The highest BCUT2D eigenvalue weighted by Gasteiger charge is 2.29. The number of hydrogen-bond acceptors (Lipinski definition) is 4. The fourth-order valence-electron chi connectivity index (χ4n) is 2.76. The van der Waals surface area contributed by atoms with Crippen molar-refractivity contribution >= 4 is 17.7 Å². The monoisotopic (exact) mass is 344 g/mol. The fraction of sp³-hybridized carbons (Fsp3) is 0.368. The molecule has 0 spiro atoms. The lowest BCUT2D eigenvalue weighted by molar-refractivity contribution is 0.0733. The lowest BCUT2D eigenvalue weighted by Gasteiger charge is -2.23. The highest BCUT2D eigenvalue weighted by atomic mass is 16.5. The van der Waals surface area contributed by atoms with Crippen molar-refractivity contribution in [2.45, 2.75) is 33.2 Å². The highest BCUT2D eigenvalue weighted by Crippen LogP contribution is 2.28. The molecule has 0 saturated carbocycles. The van der Waals surface area contributed by atoms with Crippen molar-refractivity contribution in [2.24, 2.45) is 0 Å². The van der Waals surface area contributed by atoms with Crippen LogP contribution in [0, 0.1) is 13.8 Å². The Kier molecular flexibility index (Phi) is 5.98. The van der Waals surface area contributed by atoms with E-state index in [0.717, 1.165) is 16.7 Å². The molecule has 1 aromatic rings. The standard InChI is InChI=1S/C19H24N2O4/c1-5-6-25-19(24)20-17-9-14(4)13(3)8-16(17)18(23)21-10-12(2)7-15(21)11-22/h5,8-10,15,22H,1,6-7,11H2,2-4H3,(H,20,24)/t15-/m0/s1. The molecule has 1 atom stereocenters. The van der Waals surface area contributed by atoms with Crippen molar-refractivity contribution in [3.05, 3.63) is 53.3 Å². The number of rotatable bonds is 5. The summed E-state index contributed by atoms with van der Waals surface area (Å²) in [4.78, 5) is 26.4. The fourth-order valence-corrected chi connectivity index (χ4v) is 2.76. The maximum Gasteiger partial charge on any atom is 0.411 e. The molecule has 0 radical (unpaired) electrons. The summed E-state index contributed by atoms with van der Waals surface area (Å²) >= 11 is 0. The number of carbonyl (C=O) groups excluding carboxylic acids is 2. The Bertz CT molecular complexity index is 724. The van der Waals surface area contributed by atoms with Crippen LogP contribution in [0.1, 0.15) is 34.8 Å². The van der Waals surface area contributed by atoms with Crippen LogP contribution >= 0.6 is 0 Å². The molecule has 2 rings (SSSR count). The van der Waals surface area contributed by atoms with E-state index in [4.69, 9.17) is 4.74 Å². The molecule has 1 heterocycles. The predicted molar refractivity (Wildman–Crippen MR) is 96.5 cm³/mol. The number of hydrogen-bond donors (Lipinski definition) is 2. The average molecular weight is 344 g/mol. The minimum Gasteiger partial charge on any atom is -0.445 e. The van der Waals surface area contributed by atoms with Crippen LogP contribution in [0.4, 0.5) is 10.5 Å². The molecule has 1 aromatic carbocycles. The summed E-state index contributed by atoms with van der Waals surface area (Å²) in [5.74, 6) is -0.266. The van der Waals surface area contributed by atoms with E-state index in [1.54, 1.807) is 18.3 Å². The number of benzene rings is 1. The quantitative estimate of drug-likeness (QED) is 0.804. The molecule has 0 saturated heterocycles. The van der Waals surface area contributed by atoms with Crippen molar-refractivity contribution in [3.63, 3.8) is 0 Å². The number of aliphatic hydroxyl groups excluding tert-OH is 1. The van der Waals surface area contributed by atoms with E-state index in [-0.39, 0.29) is 25.2 Å². The van der Waals surface area contributed by atoms with E-state index in [0.29, 0.717) is 17.7 Å². The minimum atomic E-state index is -0.649. The van der Waals surface area contributed by atoms with Crippen molar-refractivity contribution in [1.82, 2.24) is 4.90 Å². The first-order chi connectivity index (χ1) is 11.9. The van der Waals surface area contributed by atoms with Gasteiger partial charge in [-0.1, -0.05) is 18.2 Å². The smallest absolute Gasteiger partial charge is 0.411 e. The van der Waals surface area contributed by atoms with Gasteiger partial charge in [0, 0.05) is 6.20 Å². The third-order valence-corrected chi connectivity index (χ3v) is 4.19. The molecule has 0 fully saturated rings. The summed E-state index contributed by atoms with van der Waals surface area (Å²) in [6, 6.07) is 3.21. The van der Waals surface area contributed by atoms with Gasteiger partial charge in [-0.05, 0) is 50.5 Å². The van der Waals surface area contributed by atoms with E-state index in [1.165, 1.54) is 11.0 Å². The number of ether oxygens (including phenoxy) is 1. The molecule has 25 heavy (non-hydrogen) atoms. The van der Waals surface area contributed by atoms with Gasteiger partial charge in [0.2, 0.25) is 0 Å². The normalized spacial score (nSPS) is 16.4. The maximum atomic E-state index is 13.0. The molecule has 6 heteroatoms. The van der Waals surface area contributed by atoms with Crippen molar-refractivity contribution in [1.29, 1.82) is 0 Å². The number of nitrogens with zero attached hydrogens (tertiary/aromatic N) is 1. The molecular weight excluding hydrogens is 320 g/mol. The van der Waals surface area contributed by atoms with Crippen molar-refractivity contribution in [2.75, 3.05) is 18.5 Å². The first-order valence-electron chi connectivity index (χ1n) is 8.14. The Morgan fingerprint density at radius 1 is 1.36 bits per heavy atom. The van der Waals surface area contributed by atoms with Gasteiger partial charge in [0.25, 0.3) is 5.91 Å². The molecular formula is C19H24N2O4. The molecule has 0 aliphatic carbocycles. The van der Waals surface area contributed by atoms with Crippen LogP contribution in [0.2, 0.25) is 0 Å². The van der Waals surface area contributed by atoms with Gasteiger partial charge in [0.15, 0.2) is 0 Å². The molecule has 2 N–H and O–H groups in total. The van der Waals surface area contributed by atoms with Crippen LogP contribution in [0.5, 0.6) is 0 Å². The van der Waals surface area contributed by atoms with Gasteiger partial charge in [0.1, 0.15) is 6.61 Å². The number of nitrogens with one attached hydrogen (secondary N) is 1. The van der Waals surface area contributed by atoms with Crippen molar-refractivity contribution < 1.29 is 19.4 Å². The Morgan fingerprint density at radius 2 is 2.04 bits per heavy atom. The Morgan fingerprint density at radius 3 is 2.68 bits per heavy atom. The minimum absolute atomic E-state index is 0.0839. The number of amides is 2. The Labute approximate surface area is 147 Å². The summed E-state index contributed by atoms with van der Waals surface area (Å²) < 4.78 is 4.94. The molecule has 1 aliphatic heterocycles. The van der Waals surface area contributed by atoms with E-state index in [1.807, 2.05) is 20.8 Å². The van der Waals surface area contributed by atoms with Crippen LogP contribution in [0.3, 0.4) is 0 Å². The lowest BCUT2D eigenvalue weighted by Crippen LogP contribution is -2.36. The summed E-state index contributed by atoms with van der Waals surface area (Å²) in [5.41, 5.74) is 3.66. The molecule has 0 unspecified atom stereocenters. The highest BCUT2D eigenvalue weighted by molar-refractivity contribution is 6.03. The third kappa shape index (κ3) is 4.28. The average Bonchev–Trinajstić information content (AvgIpc) is 2.96. The number of aryl methyl sites for hydroxylation is 2. The summed E-state index contributed by atoms with van der Waals surface area (Å²) in [6.07, 6.45) is 3.20. The number of anilines is 1. The topological polar surface area (TPSA) is 78.9 Å². The van der Waals surface area contributed by atoms with Gasteiger partial charge >= 0.3 is 6.09 Å². The van der Waals surface area contributed by atoms with E-state index in [9.17, 15) is 14.7 Å². The second kappa shape index (κ2) is 7.98. The van der Waals surface area contributed by atoms with Gasteiger partial charge in [-0.3, -0.25) is 10.1 Å². The summed E-state index contributed by atoms with van der Waals surface area (Å²) in [6.45, 7) is 9.18. The van der Waals surface area contributed by atoms with Gasteiger partial charge in [-0.15, -0.1) is 0 Å². The zero-order valence-electron chi connectivity index (χ0n) is 14.8. The Hall–Kier alpha value is -2.60. The predicted octanol–water partition coefficient (Wildman–Crippen LogP) is 3.15. The Balaban J connectivity index is 2.35. The SMILES string of the molecule is C=CCOC(=O)Nc1cc(C)c(C)cc1C(=O)N1C=C(C)C[C@H]1CO. The summed E-state index contributed by atoms with van der Waals surface area (Å²) in [5, 5.41) is 12.2. The number of aliphatic hydroxyl groups is 1. The third-order valence-electron chi connectivity index (χ3n) is 4.19. The first-order valence-corrected chi connectivity index (χ1v) is 8.14. The first kappa shape index (κ1) is 18.7. The lowest BCUT2D eigenvalue weighted by atomic mass is 10.0. The molecule has 6 nitrogen and oxygen atoms in total. The largest absolute Gasteiger partial charge is 0.445 e. The van der Waals surface area contributed by atoms with Crippen LogP contribution in [-0.4, -0.2) is 41.3 Å². The van der Waals surface area contributed by atoms with E-state index < -0.39 is 6.09 Å².